The standard InChI is InChI=1S/C19H13F3N2O4/c20-19(21,22)27-15-9-7-14(8-10-15)18-23-16(28-24-18)12-26-17(25)11-6-13-4-2-1-3-5-13/h1-11H,12H2/b11-6+. The SMILES string of the molecule is O=C(/C=C/c1ccccc1)OCc1nc(-c2ccc(OC(F)(F)F)cc2)no1. The van der Waals surface area contributed by atoms with Gasteiger partial charge in [-0.1, -0.05) is 35.5 Å². The molecule has 9 heteroatoms. The van der Waals surface area contributed by atoms with Crippen molar-refractivity contribution < 1.29 is 32.0 Å². The second-order valence-corrected chi connectivity index (χ2v) is 5.44. The van der Waals surface area contributed by atoms with E-state index >= 15 is 0 Å². The van der Waals surface area contributed by atoms with Gasteiger partial charge in [-0.2, -0.15) is 4.98 Å². The van der Waals surface area contributed by atoms with E-state index in [2.05, 4.69) is 14.9 Å². The molecule has 0 aliphatic heterocycles. The van der Waals surface area contributed by atoms with E-state index in [-0.39, 0.29) is 24.1 Å². The fourth-order valence-corrected chi connectivity index (χ4v) is 2.15. The average Bonchev–Trinajstić information content (AvgIpc) is 3.14. The fraction of sp³-hybridized carbons (Fsp3) is 0.105. The third kappa shape index (κ3) is 5.70. The van der Waals surface area contributed by atoms with Gasteiger partial charge in [0.2, 0.25) is 5.82 Å². The monoisotopic (exact) mass is 390 g/mol. The van der Waals surface area contributed by atoms with Crippen molar-refractivity contribution in [3.8, 4) is 17.1 Å². The molecule has 3 aromatic rings. The Morgan fingerprint density at radius 2 is 1.79 bits per heavy atom. The summed E-state index contributed by atoms with van der Waals surface area (Å²) in [5.74, 6) is -0.757. The lowest BCUT2D eigenvalue weighted by atomic mass is 10.2. The minimum atomic E-state index is -4.76. The van der Waals surface area contributed by atoms with Crippen molar-refractivity contribution in [2.45, 2.75) is 13.0 Å². The second-order valence-electron chi connectivity index (χ2n) is 5.44. The molecule has 28 heavy (non-hydrogen) atoms. The molecule has 0 saturated heterocycles. The summed E-state index contributed by atoms with van der Waals surface area (Å²) in [4.78, 5) is 15.7. The van der Waals surface area contributed by atoms with Gasteiger partial charge in [-0.15, -0.1) is 13.2 Å². The summed E-state index contributed by atoms with van der Waals surface area (Å²) < 4.78 is 50.2. The molecule has 0 unspecified atom stereocenters. The third-order valence-corrected chi connectivity index (χ3v) is 3.36. The molecule has 0 fully saturated rings. The van der Waals surface area contributed by atoms with Crippen LogP contribution in [0.4, 0.5) is 13.2 Å². The van der Waals surface area contributed by atoms with Gasteiger partial charge in [0.05, 0.1) is 0 Å². The maximum absolute atomic E-state index is 12.2. The predicted octanol–water partition coefficient (Wildman–Crippen LogP) is 4.39. The van der Waals surface area contributed by atoms with Gasteiger partial charge in [-0.3, -0.25) is 0 Å². The van der Waals surface area contributed by atoms with Crippen molar-refractivity contribution in [3.63, 3.8) is 0 Å². The molecule has 1 aromatic heterocycles. The molecular weight excluding hydrogens is 377 g/mol. The summed E-state index contributed by atoms with van der Waals surface area (Å²) in [5.41, 5.74) is 1.26. The van der Waals surface area contributed by atoms with Crippen LogP contribution in [0.1, 0.15) is 11.5 Å². The zero-order chi connectivity index (χ0) is 20.0. The number of hydrogen-bond donors (Lipinski definition) is 0. The highest BCUT2D eigenvalue weighted by Gasteiger charge is 2.31. The normalized spacial score (nSPS) is 11.5. The number of nitrogens with zero attached hydrogens (tertiary/aromatic N) is 2. The lowest BCUT2D eigenvalue weighted by Crippen LogP contribution is -2.16. The lowest BCUT2D eigenvalue weighted by molar-refractivity contribution is -0.274. The van der Waals surface area contributed by atoms with E-state index in [0.29, 0.717) is 5.56 Å². The summed E-state index contributed by atoms with van der Waals surface area (Å²) in [7, 11) is 0. The van der Waals surface area contributed by atoms with Crippen LogP contribution in [-0.2, 0) is 16.1 Å². The number of aromatic nitrogens is 2. The number of halogens is 3. The van der Waals surface area contributed by atoms with Gasteiger partial charge < -0.3 is 14.0 Å². The van der Waals surface area contributed by atoms with Gasteiger partial charge in [-0.05, 0) is 35.9 Å². The Balaban J connectivity index is 1.55. The van der Waals surface area contributed by atoms with E-state index in [9.17, 15) is 18.0 Å². The first-order valence-electron chi connectivity index (χ1n) is 7.98. The van der Waals surface area contributed by atoms with Crippen LogP contribution in [0, 0.1) is 0 Å². The van der Waals surface area contributed by atoms with E-state index in [0.717, 1.165) is 17.7 Å². The molecule has 0 amide bonds. The van der Waals surface area contributed by atoms with Gasteiger partial charge in [0.25, 0.3) is 5.89 Å². The molecule has 2 aromatic carbocycles. The molecular formula is C19H13F3N2O4. The molecule has 6 nitrogen and oxygen atoms in total. The number of rotatable bonds is 6. The van der Waals surface area contributed by atoms with Gasteiger partial charge >= 0.3 is 12.3 Å². The van der Waals surface area contributed by atoms with Crippen molar-refractivity contribution in [2.75, 3.05) is 0 Å². The molecule has 0 aliphatic rings. The molecule has 0 spiro atoms. The third-order valence-electron chi connectivity index (χ3n) is 3.36. The largest absolute Gasteiger partial charge is 0.573 e. The maximum atomic E-state index is 12.2. The Hall–Kier alpha value is -3.62. The summed E-state index contributed by atoms with van der Waals surface area (Å²) >= 11 is 0. The maximum Gasteiger partial charge on any atom is 0.573 e. The van der Waals surface area contributed by atoms with Crippen LogP contribution in [0.5, 0.6) is 5.75 Å². The zero-order valence-corrected chi connectivity index (χ0v) is 14.2. The van der Waals surface area contributed by atoms with Crippen LogP contribution in [0.3, 0.4) is 0 Å². The van der Waals surface area contributed by atoms with Crippen molar-refractivity contribution in [2.24, 2.45) is 0 Å². The molecule has 0 saturated carbocycles. The minimum Gasteiger partial charge on any atom is -0.452 e. The smallest absolute Gasteiger partial charge is 0.452 e. The van der Waals surface area contributed by atoms with E-state index in [1.807, 2.05) is 30.3 Å². The summed E-state index contributed by atoms with van der Waals surface area (Å²) in [6.07, 6.45) is -1.89. The molecule has 144 valence electrons. The van der Waals surface area contributed by atoms with Crippen LogP contribution < -0.4 is 4.74 Å². The molecule has 0 N–H and O–H groups in total. The number of hydrogen-bond acceptors (Lipinski definition) is 6. The van der Waals surface area contributed by atoms with Crippen LogP contribution in [-0.4, -0.2) is 22.5 Å². The van der Waals surface area contributed by atoms with Gasteiger partial charge in [0, 0.05) is 11.6 Å². The number of benzene rings is 2. The highest BCUT2D eigenvalue weighted by atomic mass is 19.4. The number of alkyl halides is 3. The Morgan fingerprint density at radius 1 is 1.07 bits per heavy atom. The summed E-state index contributed by atoms with van der Waals surface area (Å²) in [6, 6.07) is 14.2. The highest BCUT2D eigenvalue weighted by molar-refractivity contribution is 5.86. The first-order valence-corrected chi connectivity index (χ1v) is 7.98. The molecule has 1 heterocycles. The molecule has 0 bridgehead atoms. The van der Waals surface area contributed by atoms with E-state index < -0.39 is 12.3 Å². The fourth-order valence-electron chi connectivity index (χ4n) is 2.15. The average molecular weight is 390 g/mol. The summed E-state index contributed by atoms with van der Waals surface area (Å²) in [6.45, 7) is -0.236. The van der Waals surface area contributed by atoms with Crippen molar-refractivity contribution in [3.05, 3.63) is 72.1 Å². The zero-order valence-electron chi connectivity index (χ0n) is 14.2. The topological polar surface area (TPSA) is 74.5 Å². The number of esters is 1. The van der Waals surface area contributed by atoms with Crippen molar-refractivity contribution in [1.29, 1.82) is 0 Å². The van der Waals surface area contributed by atoms with Crippen LogP contribution >= 0.6 is 0 Å². The van der Waals surface area contributed by atoms with Gasteiger partial charge in [0.15, 0.2) is 6.61 Å². The van der Waals surface area contributed by atoms with Crippen molar-refractivity contribution >= 4 is 12.0 Å². The first-order chi connectivity index (χ1) is 13.4. The second kappa shape index (κ2) is 8.38. The lowest BCUT2D eigenvalue weighted by Gasteiger charge is -2.08. The van der Waals surface area contributed by atoms with E-state index in [1.54, 1.807) is 6.08 Å². The molecule has 0 radical (unpaired) electrons. The van der Waals surface area contributed by atoms with Crippen LogP contribution in [0.25, 0.3) is 17.5 Å². The number of carbonyl (C=O) groups excluding carboxylic acids is 1. The summed E-state index contributed by atoms with van der Waals surface area (Å²) in [5, 5.41) is 3.70. The highest BCUT2D eigenvalue weighted by Crippen LogP contribution is 2.25. The Bertz CT molecular complexity index is 951. The van der Waals surface area contributed by atoms with Crippen LogP contribution in [0.15, 0.2) is 65.2 Å². The molecule has 0 aliphatic carbocycles. The minimum absolute atomic E-state index is 0.0482. The Labute approximate surface area is 157 Å². The van der Waals surface area contributed by atoms with Gasteiger partial charge in [-0.25, -0.2) is 4.79 Å². The molecule has 0 atom stereocenters. The predicted molar refractivity (Wildman–Crippen MR) is 91.7 cm³/mol. The van der Waals surface area contributed by atoms with Gasteiger partial charge in [0.1, 0.15) is 5.75 Å². The van der Waals surface area contributed by atoms with E-state index in [1.165, 1.54) is 18.2 Å². The number of ether oxygens (including phenoxy) is 2. The number of carbonyl (C=O) groups is 1. The molecule has 3 rings (SSSR count). The Morgan fingerprint density at radius 3 is 2.46 bits per heavy atom. The van der Waals surface area contributed by atoms with Crippen molar-refractivity contribution in [1.82, 2.24) is 10.1 Å². The van der Waals surface area contributed by atoms with E-state index in [4.69, 9.17) is 9.26 Å². The van der Waals surface area contributed by atoms with Crippen LogP contribution in [0.2, 0.25) is 0 Å². The first kappa shape index (κ1) is 19.2. The Kier molecular flexibility index (Phi) is 5.73. The quantitative estimate of drug-likeness (QED) is 0.459.